The van der Waals surface area contributed by atoms with Crippen molar-refractivity contribution in [2.75, 3.05) is 47.5 Å². The number of hydrogen-bond acceptors (Lipinski definition) is 7. The van der Waals surface area contributed by atoms with E-state index in [0.29, 0.717) is 17.4 Å². The Morgan fingerprint density at radius 2 is 0.682 bits per heavy atom. The molecule has 0 aliphatic heterocycles. The third kappa shape index (κ3) is 50.2. The molecule has 392 valence electrons. The number of hydrogen-bond donors (Lipinski definition) is 1. The van der Waals surface area contributed by atoms with Crippen LogP contribution in [0.2, 0.25) is 0 Å². The maximum atomic E-state index is 12.9. The highest BCUT2D eigenvalue weighted by Crippen LogP contribution is 2.18. The number of quaternary nitrogens is 1. The van der Waals surface area contributed by atoms with E-state index in [1.165, 1.54) is 225 Å². The first-order valence-electron chi connectivity index (χ1n) is 28.7. The van der Waals surface area contributed by atoms with Gasteiger partial charge in [-0.2, -0.15) is 0 Å². The molecule has 0 amide bonds. The lowest BCUT2D eigenvalue weighted by Gasteiger charge is -2.25. The van der Waals surface area contributed by atoms with Gasteiger partial charge < -0.3 is 28.5 Å². The van der Waals surface area contributed by atoms with Crippen LogP contribution in [0.3, 0.4) is 0 Å². The van der Waals surface area contributed by atoms with Crippen molar-refractivity contribution in [3.8, 4) is 0 Å². The second-order valence-corrected chi connectivity index (χ2v) is 21.0. The summed E-state index contributed by atoms with van der Waals surface area (Å²) in [5.41, 5.74) is 0. The van der Waals surface area contributed by atoms with Crippen molar-refractivity contribution in [3.63, 3.8) is 0 Å². The molecule has 0 aromatic rings. The number of carboxylic acid groups (broad SMARTS) is 1. The summed E-state index contributed by atoms with van der Waals surface area (Å²) in [6, 6.07) is 0. The molecule has 0 aromatic carbocycles. The predicted molar refractivity (Wildman–Crippen MR) is 277 cm³/mol. The molecule has 0 heterocycles. The molecule has 0 aliphatic carbocycles. The highest BCUT2D eigenvalue weighted by atomic mass is 16.7. The number of aliphatic carboxylic acids is 1. The highest BCUT2D eigenvalue weighted by molar-refractivity contribution is 5.71. The maximum absolute atomic E-state index is 12.9. The van der Waals surface area contributed by atoms with Crippen molar-refractivity contribution in [3.05, 3.63) is 0 Å². The van der Waals surface area contributed by atoms with Crippen molar-refractivity contribution < 1.29 is 42.9 Å². The molecular weight excluding hydrogens is 827 g/mol. The number of rotatable bonds is 54. The molecule has 0 aromatic heterocycles. The van der Waals surface area contributed by atoms with Gasteiger partial charge in [-0.05, 0) is 12.8 Å². The Labute approximate surface area is 409 Å². The fourth-order valence-corrected chi connectivity index (χ4v) is 8.66. The van der Waals surface area contributed by atoms with E-state index in [1.807, 2.05) is 21.1 Å². The van der Waals surface area contributed by atoms with Gasteiger partial charge in [0.05, 0.1) is 34.4 Å². The van der Waals surface area contributed by atoms with Gasteiger partial charge in [0, 0.05) is 12.8 Å². The third-order valence-corrected chi connectivity index (χ3v) is 13.1. The molecule has 2 unspecified atom stereocenters. The van der Waals surface area contributed by atoms with Gasteiger partial charge in [0.15, 0.2) is 6.10 Å². The van der Waals surface area contributed by atoms with Gasteiger partial charge in [0.2, 0.25) is 0 Å². The topological polar surface area (TPSA) is 108 Å². The quantitative estimate of drug-likeness (QED) is 0.0278. The standard InChI is InChI=1S/C57H111NO8/c1-6-8-10-12-14-16-18-20-22-24-25-26-27-28-29-30-31-32-34-36-38-40-42-44-46-48-55(60)66-53(52-65-57(56(61)62)63-50-49-58(3,4)5)51-64-54(59)47-45-43-41-39-37-35-33-23-21-19-17-15-13-11-9-7-2/h53,57H,6-52H2,1-5H3/p+1. The molecule has 2 atom stereocenters. The summed E-state index contributed by atoms with van der Waals surface area (Å²) in [4.78, 5) is 37.4. The first-order chi connectivity index (χ1) is 32.1. The van der Waals surface area contributed by atoms with Crippen LogP contribution in [0.25, 0.3) is 0 Å². The van der Waals surface area contributed by atoms with Crippen LogP contribution in [0.15, 0.2) is 0 Å². The number of carboxylic acids is 1. The molecule has 0 spiro atoms. The Kier molecular flexibility index (Phi) is 48.4. The van der Waals surface area contributed by atoms with Crippen LogP contribution >= 0.6 is 0 Å². The molecule has 1 N–H and O–H groups in total. The predicted octanol–water partition coefficient (Wildman–Crippen LogP) is 16.4. The Bertz CT molecular complexity index is 1050. The molecular formula is C57H112NO8+. The van der Waals surface area contributed by atoms with Gasteiger partial charge in [0.25, 0.3) is 6.29 Å². The van der Waals surface area contributed by atoms with Gasteiger partial charge in [-0.1, -0.05) is 264 Å². The van der Waals surface area contributed by atoms with Crippen molar-refractivity contribution in [2.24, 2.45) is 0 Å². The molecule has 9 heteroatoms. The normalized spacial score (nSPS) is 12.7. The first kappa shape index (κ1) is 64.3. The zero-order valence-corrected chi connectivity index (χ0v) is 44.6. The summed E-state index contributed by atoms with van der Waals surface area (Å²) < 4.78 is 22.9. The van der Waals surface area contributed by atoms with Gasteiger partial charge in [-0.3, -0.25) is 9.59 Å². The molecule has 0 rings (SSSR count). The average molecular weight is 940 g/mol. The maximum Gasteiger partial charge on any atom is 0.361 e. The zero-order chi connectivity index (χ0) is 48.4. The van der Waals surface area contributed by atoms with Crippen LogP contribution in [0.5, 0.6) is 0 Å². The van der Waals surface area contributed by atoms with Crippen LogP contribution in [0.1, 0.15) is 290 Å². The Hall–Kier alpha value is -1.71. The van der Waals surface area contributed by atoms with E-state index in [4.69, 9.17) is 18.9 Å². The van der Waals surface area contributed by atoms with Crippen LogP contribution in [0.4, 0.5) is 0 Å². The van der Waals surface area contributed by atoms with Crippen LogP contribution in [-0.4, -0.2) is 87.4 Å². The number of carbonyl (C=O) groups is 3. The number of unbranched alkanes of at least 4 members (excludes halogenated alkanes) is 39. The number of esters is 2. The third-order valence-electron chi connectivity index (χ3n) is 13.1. The minimum atomic E-state index is -1.50. The average Bonchev–Trinajstić information content (AvgIpc) is 3.28. The Morgan fingerprint density at radius 3 is 0.970 bits per heavy atom. The van der Waals surface area contributed by atoms with E-state index >= 15 is 0 Å². The van der Waals surface area contributed by atoms with E-state index in [2.05, 4.69) is 13.8 Å². The van der Waals surface area contributed by atoms with Gasteiger partial charge in [-0.25, -0.2) is 4.79 Å². The molecule has 0 saturated carbocycles. The number of carbonyl (C=O) groups excluding carboxylic acids is 2. The molecule has 0 bridgehead atoms. The Morgan fingerprint density at radius 1 is 0.394 bits per heavy atom. The summed E-state index contributed by atoms with van der Waals surface area (Å²) in [7, 11) is 5.98. The minimum Gasteiger partial charge on any atom is -0.477 e. The summed E-state index contributed by atoms with van der Waals surface area (Å²) >= 11 is 0. The summed E-state index contributed by atoms with van der Waals surface area (Å²) in [5, 5.41) is 9.69. The fourth-order valence-electron chi connectivity index (χ4n) is 8.66. The first-order valence-corrected chi connectivity index (χ1v) is 28.7. The smallest absolute Gasteiger partial charge is 0.361 e. The van der Waals surface area contributed by atoms with Gasteiger partial charge in [-0.15, -0.1) is 0 Å². The largest absolute Gasteiger partial charge is 0.477 e. The number of ether oxygens (including phenoxy) is 4. The molecule has 0 fully saturated rings. The van der Waals surface area contributed by atoms with E-state index < -0.39 is 18.4 Å². The molecule has 66 heavy (non-hydrogen) atoms. The van der Waals surface area contributed by atoms with Gasteiger partial charge in [0.1, 0.15) is 13.2 Å². The molecule has 0 saturated heterocycles. The summed E-state index contributed by atoms with van der Waals surface area (Å²) in [6.07, 6.45) is 51.8. The van der Waals surface area contributed by atoms with E-state index in [-0.39, 0.29) is 38.2 Å². The molecule has 0 radical (unpaired) electrons. The highest BCUT2D eigenvalue weighted by Gasteiger charge is 2.25. The SMILES string of the molecule is CCCCCCCCCCCCCCCCCCCCCCCCCCCC(=O)OC(COC(=O)CCCCCCCCCCCCCCCCCC)COC(OCC[N+](C)(C)C)C(=O)O. The van der Waals surface area contributed by atoms with Crippen molar-refractivity contribution >= 4 is 17.9 Å². The van der Waals surface area contributed by atoms with Crippen molar-refractivity contribution in [1.29, 1.82) is 0 Å². The Balaban J connectivity index is 4.17. The lowest BCUT2D eigenvalue weighted by molar-refractivity contribution is -0.870. The zero-order valence-electron chi connectivity index (χ0n) is 44.6. The number of nitrogens with zero attached hydrogens (tertiary/aromatic N) is 1. The number of likely N-dealkylation sites (N-methyl/N-ethyl adjacent to an activating group) is 1. The second kappa shape index (κ2) is 49.7. The van der Waals surface area contributed by atoms with Crippen molar-refractivity contribution in [2.45, 2.75) is 302 Å². The molecule has 0 aliphatic rings. The summed E-state index contributed by atoms with van der Waals surface area (Å²) in [5.74, 6) is -1.97. The summed E-state index contributed by atoms with van der Waals surface area (Å²) in [6.45, 7) is 4.94. The van der Waals surface area contributed by atoms with Gasteiger partial charge >= 0.3 is 17.9 Å². The lowest BCUT2D eigenvalue weighted by atomic mass is 10.0. The monoisotopic (exact) mass is 939 g/mol. The van der Waals surface area contributed by atoms with E-state index in [9.17, 15) is 19.5 Å². The van der Waals surface area contributed by atoms with Crippen LogP contribution in [0, 0.1) is 0 Å². The lowest BCUT2D eigenvalue weighted by Crippen LogP contribution is -2.40. The van der Waals surface area contributed by atoms with E-state index in [1.54, 1.807) is 0 Å². The van der Waals surface area contributed by atoms with Crippen molar-refractivity contribution in [1.82, 2.24) is 0 Å². The van der Waals surface area contributed by atoms with E-state index in [0.717, 1.165) is 38.5 Å². The minimum absolute atomic E-state index is 0.172. The fraction of sp³-hybridized carbons (Fsp3) is 0.947. The molecule has 9 nitrogen and oxygen atoms in total. The van der Waals surface area contributed by atoms with Crippen LogP contribution in [-0.2, 0) is 33.3 Å². The second-order valence-electron chi connectivity index (χ2n) is 21.0. The van der Waals surface area contributed by atoms with Crippen LogP contribution < -0.4 is 0 Å².